The van der Waals surface area contributed by atoms with Crippen molar-refractivity contribution in [3.8, 4) is 5.75 Å². The lowest BCUT2D eigenvalue weighted by Gasteiger charge is -2.46. The summed E-state index contributed by atoms with van der Waals surface area (Å²) in [4.78, 5) is 18.3. The van der Waals surface area contributed by atoms with Crippen LogP contribution in [0.5, 0.6) is 5.75 Å². The number of rotatable bonds is 5. The van der Waals surface area contributed by atoms with Crippen molar-refractivity contribution in [3.05, 3.63) is 48.7 Å². The predicted molar refractivity (Wildman–Crippen MR) is 99.6 cm³/mol. The number of furan rings is 1. The number of carbonyl (C=O) groups is 1. The number of ether oxygens (including phenoxy) is 2. The highest BCUT2D eigenvalue weighted by Gasteiger charge is 2.41. The van der Waals surface area contributed by atoms with Crippen LogP contribution in [0, 0.1) is 5.92 Å². The quantitative estimate of drug-likeness (QED) is 0.805. The van der Waals surface area contributed by atoms with Gasteiger partial charge in [-0.2, -0.15) is 0 Å². The van der Waals surface area contributed by atoms with E-state index in [9.17, 15) is 4.79 Å². The first-order valence-corrected chi connectivity index (χ1v) is 9.74. The van der Waals surface area contributed by atoms with Crippen LogP contribution in [0.1, 0.15) is 42.7 Å². The van der Waals surface area contributed by atoms with E-state index in [1.807, 2.05) is 17.0 Å². The number of nitrogens with zero attached hydrogens (tertiary/aromatic N) is 2. The maximum absolute atomic E-state index is 12.4. The molecule has 1 atom stereocenters. The van der Waals surface area contributed by atoms with Crippen molar-refractivity contribution in [1.82, 2.24) is 9.88 Å². The van der Waals surface area contributed by atoms with Gasteiger partial charge in [0.25, 0.3) is 5.91 Å². The number of likely N-dealkylation sites (tertiary alicyclic amines) is 1. The lowest BCUT2D eigenvalue weighted by molar-refractivity contribution is -0.125. The summed E-state index contributed by atoms with van der Waals surface area (Å²) in [6.45, 7) is 2.96. The van der Waals surface area contributed by atoms with E-state index in [1.165, 1.54) is 0 Å². The number of hydrogen-bond acceptors (Lipinski definition) is 5. The van der Waals surface area contributed by atoms with Gasteiger partial charge in [0.2, 0.25) is 0 Å². The summed E-state index contributed by atoms with van der Waals surface area (Å²) in [5.41, 5.74) is -0.0838. The fourth-order valence-electron chi connectivity index (χ4n) is 4.18. The average Bonchev–Trinajstić information content (AvgIpc) is 3.24. The molecule has 0 saturated carbocycles. The van der Waals surface area contributed by atoms with E-state index in [-0.39, 0.29) is 11.5 Å². The summed E-state index contributed by atoms with van der Waals surface area (Å²) in [7, 11) is 0. The third kappa shape index (κ3) is 4.33. The van der Waals surface area contributed by atoms with E-state index in [1.54, 1.807) is 30.8 Å². The summed E-state index contributed by atoms with van der Waals surface area (Å²) < 4.78 is 17.3. The van der Waals surface area contributed by atoms with Crippen molar-refractivity contribution < 1.29 is 18.7 Å². The topological polar surface area (TPSA) is 64.8 Å². The van der Waals surface area contributed by atoms with Crippen LogP contribution in [-0.4, -0.2) is 47.7 Å². The lowest BCUT2D eigenvalue weighted by atomic mass is 9.78. The largest absolute Gasteiger partial charge is 0.493 e. The first kappa shape index (κ1) is 18.0. The number of carbonyl (C=O) groups excluding carboxylic acids is 1. The van der Waals surface area contributed by atoms with Crippen LogP contribution in [0.4, 0.5) is 0 Å². The maximum atomic E-state index is 12.4. The second kappa shape index (κ2) is 8.13. The molecule has 2 fully saturated rings. The Balaban J connectivity index is 1.26. The molecule has 4 rings (SSSR count). The van der Waals surface area contributed by atoms with Gasteiger partial charge in [0.1, 0.15) is 5.75 Å². The molecule has 144 valence electrons. The van der Waals surface area contributed by atoms with Gasteiger partial charge in [0.05, 0.1) is 18.5 Å². The van der Waals surface area contributed by atoms with Crippen molar-refractivity contribution in [2.24, 2.45) is 5.92 Å². The molecule has 1 amide bonds. The highest BCUT2D eigenvalue weighted by atomic mass is 16.5. The molecule has 2 aliphatic heterocycles. The van der Waals surface area contributed by atoms with Gasteiger partial charge >= 0.3 is 0 Å². The van der Waals surface area contributed by atoms with E-state index in [0.29, 0.717) is 18.3 Å². The van der Waals surface area contributed by atoms with Crippen LogP contribution >= 0.6 is 0 Å². The maximum Gasteiger partial charge on any atom is 0.289 e. The first-order valence-electron chi connectivity index (χ1n) is 9.74. The van der Waals surface area contributed by atoms with E-state index < -0.39 is 0 Å². The molecule has 1 unspecified atom stereocenters. The molecular formula is C21H26N2O4. The minimum absolute atomic E-state index is 0.0204. The van der Waals surface area contributed by atoms with Gasteiger partial charge in [-0.1, -0.05) is 0 Å². The van der Waals surface area contributed by atoms with Crippen LogP contribution in [0.25, 0.3) is 0 Å². The van der Waals surface area contributed by atoms with Crippen LogP contribution in [0.2, 0.25) is 0 Å². The van der Waals surface area contributed by atoms with Crippen LogP contribution in [-0.2, 0) is 4.74 Å². The molecule has 0 aliphatic carbocycles. The molecule has 0 N–H and O–H groups in total. The summed E-state index contributed by atoms with van der Waals surface area (Å²) in [5, 5.41) is 0. The molecule has 2 aliphatic rings. The second-order valence-electron chi connectivity index (χ2n) is 7.48. The molecule has 0 radical (unpaired) electrons. The van der Waals surface area contributed by atoms with Crippen molar-refractivity contribution in [2.75, 3.05) is 26.3 Å². The lowest BCUT2D eigenvalue weighted by Crippen LogP contribution is -2.50. The molecule has 27 heavy (non-hydrogen) atoms. The molecule has 2 aromatic heterocycles. The molecule has 0 aromatic carbocycles. The number of hydrogen-bond donors (Lipinski definition) is 0. The Morgan fingerprint density at radius 3 is 2.81 bits per heavy atom. The third-order valence-electron chi connectivity index (χ3n) is 5.73. The number of piperidine rings is 1. The zero-order chi connectivity index (χ0) is 18.5. The van der Waals surface area contributed by atoms with E-state index in [0.717, 1.165) is 57.6 Å². The highest BCUT2D eigenvalue weighted by Crippen LogP contribution is 2.39. The zero-order valence-corrected chi connectivity index (χ0v) is 15.5. The van der Waals surface area contributed by atoms with Crippen molar-refractivity contribution in [1.29, 1.82) is 0 Å². The Hall–Kier alpha value is -2.34. The molecular weight excluding hydrogens is 344 g/mol. The Morgan fingerprint density at radius 1 is 1.26 bits per heavy atom. The van der Waals surface area contributed by atoms with Crippen LogP contribution < -0.4 is 4.74 Å². The Kier molecular flexibility index (Phi) is 5.43. The molecule has 2 aromatic rings. The number of aromatic nitrogens is 1. The molecule has 2 saturated heterocycles. The first-order chi connectivity index (χ1) is 13.2. The SMILES string of the molecule is O=C(c1ccco1)N1CCC2(CC1)CC(CCOc1ccncc1)CCO2. The fraction of sp³-hybridized carbons (Fsp3) is 0.524. The second-order valence-corrected chi connectivity index (χ2v) is 7.48. The van der Waals surface area contributed by atoms with Gasteiger partial charge < -0.3 is 18.8 Å². The van der Waals surface area contributed by atoms with Crippen LogP contribution in [0.3, 0.4) is 0 Å². The summed E-state index contributed by atoms with van der Waals surface area (Å²) >= 11 is 0. The third-order valence-corrected chi connectivity index (χ3v) is 5.73. The average molecular weight is 370 g/mol. The van der Waals surface area contributed by atoms with Gasteiger partial charge in [0.15, 0.2) is 5.76 Å². The normalized spacial score (nSPS) is 21.9. The van der Waals surface area contributed by atoms with Crippen LogP contribution in [0.15, 0.2) is 47.3 Å². The van der Waals surface area contributed by atoms with E-state index in [4.69, 9.17) is 13.9 Å². The zero-order valence-electron chi connectivity index (χ0n) is 15.5. The Labute approximate surface area is 159 Å². The predicted octanol–water partition coefficient (Wildman–Crippen LogP) is 3.55. The minimum Gasteiger partial charge on any atom is -0.493 e. The number of amides is 1. The monoisotopic (exact) mass is 370 g/mol. The van der Waals surface area contributed by atoms with E-state index >= 15 is 0 Å². The standard InChI is InChI=1S/C21H26N2O4/c24-20(19-2-1-13-26-19)23-11-7-21(8-12-23)16-17(6-15-27-21)5-14-25-18-3-9-22-10-4-18/h1-4,9-10,13,17H,5-8,11-12,14-16H2. The summed E-state index contributed by atoms with van der Waals surface area (Å²) in [6.07, 6.45) is 9.98. The van der Waals surface area contributed by atoms with Gasteiger partial charge in [-0.3, -0.25) is 9.78 Å². The minimum atomic E-state index is -0.0838. The van der Waals surface area contributed by atoms with Crippen molar-refractivity contribution >= 4 is 5.91 Å². The molecule has 6 heteroatoms. The van der Waals surface area contributed by atoms with Crippen molar-refractivity contribution in [3.63, 3.8) is 0 Å². The highest BCUT2D eigenvalue weighted by molar-refractivity contribution is 5.91. The Bertz CT molecular complexity index is 724. The molecule has 1 spiro atoms. The van der Waals surface area contributed by atoms with Gasteiger partial charge in [-0.15, -0.1) is 0 Å². The molecule has 0 bridgehead atoms. The van der Waals surface area contributed by atoms with Gasteiger partial charge in [-0.05, 0) is 62.3 Å². The smallest absolute Gasteiger partial charge is 0.289 e. The summed E-state index contributed by atoms with van der Waals surface area (Å²) in [6, 6.07) is 7.25. The van der Waals surface area contributed by atoms with E-state index in [2.05, 4.69) is 4.98 Å². The molecule has 6 nitrogen and oxygen atoms in total. The molecule has 4 heterocycles. The van der Waals surface area contributed by atoms with Crippen molar-refractivity contribution in [2.45, 2.75) is 37.7 Å². The number of pyridine rings is 1. The fourth-order valence-corrected chi connectivity index (χ4v) is 4.18. The van der Waals surface area contributed by atoms with Gasteiger partial charge in [0, 0.05) is 32.1 Å². The Morgan fingerprint density at radius 2 is 2.07 bits per heavy atom. The van der Waals surface area contributed by atoms with Gasteiger partial charge in [-0.25, -0.2) is 0 Å². The summed E-state index contributed by atoms with van der Waals surface area (Å²) in [5.74, 6) is 1.87.